The maximum atomic E-state index is 10.9. The summed E-state index contributed by atoms with van der Waals surface area (Å²) in [5, 5.41) is 0. The topological polar surface area (TPSA) is 26.3 Å². The molecule has 98 valence electrons. The van der Waals surface area contributed by atoms with Gasteiger partial charge < -0.3 is 4.74 Å². The number of unbranched alkanes of at least 4 members (excludes halogenated alkanes) is 7. The summed E-state index contributed by atoms with van der Waals surface area (Å²) >= 11 is 0. The third kappa shape index (κ3) is 12.9. The highest BCUT2D eigenvalue weighted by Gasteiger charge is 1.91. The molecule has 0 saturated carbocycles. The fourth-order valence-electron chi connectivity index (χ4n) is 1.60. The normalized spacial score (nSPS) is 9.53. The molecule has 0 aromatic heterocycles. The highest BCUT2D eigenvalue weighted by atomic mass is 16.5. The van der Waals surface area contributed by atoms with E-state index < -0.39 is 0 Å². The number of carbonyl (C=O) groups excluding carboxylic acids is 1. The van der Waals surface area contributed by atoms with Crippen molar-refractivity contribution in [1.29, 1.82) is 0 Å². The Morgan fingerprint density at radius 1 is 1.06 bits per heavy atom. The van der Waals surface area contributed by atoms with Crippen LogP contribution in [-0.4, -0.2) is 12.6 Å². The quantitative estimate of drug-likeness (QED) is 0.244. The monoisotopic (exact) mass is 238 g/mol. The molecule has 0 saturated heterocycles. The van der Waals surface area contributed by atoms with Gasteiger partial charge in [-0.25, -0.2) is 4.79 Å². The van der Waals surface area contributed by atoms with Crippen molar-refractivity contribution in [3.05, 3.63) is 17.9 Å². The van der Waals surface area contributed by atoms with Crippen LogP contribution in [0, 0.1) is 0 Å². The van der Waals surface area contributed by atoms with Crippen LogP contribution < -0.4 is 0 Å². The first-order valence-electron chi connectivity index (χ1n) is 6.89. The maximum absolute atomic E-state index is 10.9. The predicted molar refractivity (Wildman–Crippen MR) is 71.9 cm³/mol. The molecule has 0 aliphatic carbocycles. The molecule has 0 unspecified atom stereocenters. The van der Waals surface area contributed by atoms with Crippen molar-refractivity contribution in [3.63, 3.8) is 0 Å². The molecule has 0 aromatic rings. The van der Waals surface area contributed by atoms with E-state index in [0.717, 1.165) is 6.42 Å². The molecule has 0 atom stereocenters. The van der Waals surface area contributed by atoms with E-state index in [9.17, 15) is 4.79 Å². The van der Waals surface area contributed by atoms with E-state index >= 15 is 0 Å². The van der Waals surface area contributed by atoms with Gasteiger partial charge in [0.2, 0.25) is 0 Å². The van der Waals surface area contributed by atoms with Crippen molar-refractivity contribution < 1.29 is 9.53 Å². The summed E-state index contributed by atoms with van der Waals surface area (Å²) in [7, 11) is 0. The average molecular weight is 238 g/mol. The van der Waals surface area contributed by atoms with Crippen LogP contribution in [0.1, 0.15) is 65.2 Å². The minimum Gasteiger partial charge on any atom is -0.462 e. The predicted octanol–water partition coefficient (Wildman–Crippen LogP) is 4.40. The number of hydrogen-bond donors (Lipinski definition) is 0. The largest absolute Gasteiger partial charge is 0.462 e. The van der Waals surface area contributed by atoms with E-state index in [1.165, 1.54) is 51.0 Å². The number of esters is 1. The van der Waals surface area contributed by atoms with Crippen LogP contribution in [0.25, 0.3) is 0 Å². The first-order valence-corrected chi connectivity index (χ1v) is 6.89. The summed E-state index contributed by atoms with van der Waals surface area (Å²) in [4.78, 5) is 10.9. The molecule has 0 aliphatic heterocycles. The molecule has 2 heteroatoms. The van der Waals surface area contributed by atoms with Crippen LogP contribution in [0.4, 0.5) is 0 Å². The first-order chi connectivity index (χ1) is 8.31. The van der Waals surface area contributed by atoms with Crippen LogP contribution in [-0.2, 0) is 9.53 Å². The molecule has 2 nitrogen and oxygen atoms in total. The summed E-state index contributed by atoms with van der Waals surface area (Å²) in [5.41, 5.74) is 2.86. The van der Waals surface area contributed by atoms with Gasteiger partial charge in [0.15, 0.2) is 0 Å². The minimum absolute atomic E-state index is 0.302. The Bertz CT molecular complexity index is 237. The highest BCUT2D eigenvalue weighted by Crippen LogP contribution is 2.08. The lowest BCUT2D eigenvalue weighted by Gasteiger charge is -1.98. The van der Waals surface area contributed by atoms with Crippen molar-refractivity contribution >= 4 is 5.97 Å². The van der Waals surface area contributed by atoms with Crippen molar-refractivity contribution in [2.24, 2.45) is 0 Å². The van der Waals surface area contributed by atoms with Gasteiger partial charge >= 0.3 is 5.97 Å². The van der Waals surface area contributed by atoms with E-state index in [0.29, 0.717) is 6.61 Å². The van der Waals surface area contributed by atoms with Crippen molar-refractivity contribution in [2.75, 3.05) is 6.61 Å². The number of ether oxygens (including phenoxy) is 1. The molecule has 0 bridgehead atoms. The van der Waals surface area contributed by atoms with Gasteiger partial charge in [-0.2, -0.15) is 0 Å². The molecule has 0 rings (SSSR count). The second-order valence-corrected chi connectivity index (χ2v) is 4.18. The third-order valence-electron chi connectivity index (χ3n) is 2.56. The van der Waals surface area contributed by atoms with Crippen LogP contribution in [0.15, 0.2) is 17.9 Å². The summed E-state index contributed by atoms with van der Waals surface area (Å²) in [6.07, 6.45) is 13.5. The van der Waals surface area contributed by atoms with Crippen molar-refractivity contribution in [1.82, 2.24) is 0 Å². The van der Waals surface area contributed by atoms with E-state index in [1.54, 1.807) is 6.92 Å². The van der Waals surface area contributed by atoms with E-state index in [4.69, 9.17) is 4.74 Å². The summed E-state index contributed by atoms with van der Waals surface area (Å²) in [6.45, 7) is 4.46. The Morgan fingerprint density at radius 2 is 1.71 bits per heavy atom. The van der Waals surface area contributed by atoms with Crippen LogP contribution >= 0.6 is 0 Å². The summed E-state index contributed by atoms with van der Waals surface area (Å²) < 4.78 is 4.75. The van der Waals surface area contributed by atoms with Crippen LogP contribution in [0.2, 0.25) is 0 Å². The fourth-order valence-corrected chi connectivity index (χ4v) is 1.60. The molecule has 0 aromatic carbocycles. The standard InChI is InChI=1S/C15H26O2/c1-3-5-6-7-8-9-10-11-12-13-14-15(16)17-4-2/h12,14H,3-11H2,1-2H3. The maximum Gasteiger partial charge on any atom is 0.338 e. The zero-order chi connectivity index (χ0) is 12.8. The molecule has 0 aliphatic rings. The second kappa shape index (κ2) is 13.1. The smallest absolute Gasteiger partial charge is 0.338 e. The fraction of sp³-hybridized carbons (Fsp3) is 0.733. The van der Waals surface area contributed by atoms with Gasteiger partial charge in [-0.15, -0.1) is 5.73 Å². The number of hydrogen-bond acceptors (Lipinski definition) is 2. The molecule has 0 spiro atoms. The van der Waals surface area contributed by atoms with Gasteiger partial charge in [0.05, 0.1) is 12.7 Å². The zero-order valence-corrected chi connectivity index (χ0v) is 11.3. The van der Waals surface area contributed by atoms with Crippen LogP contribution in [0.5, 0.6) is 0 Å². The highest BCUT2D eigenvalue weighted by molar-refractivity contribution is 5.81. The molecular weight excluding hydrogens is 212 g/mol. The third-order valence-corrected chi connectivity index (χ3v) is 2.56. The van der Waals surface area contributed by atoms with E-state index in [-0.39, 0.29) is 5.97 Å². The first kappa shape index (κ1) is 16.0. The molecule has 17 heavy (non-hydrogen) atoms. The Balaban J connectivity index is 3.32. The van der Waals surface area contributed by atoms with Crippen molar-refractivity contribution in [2.45, 2.75) is 65.2 Å². The van der Waals surface area contributed by atoms with Crippen LogP contribution in [0.3, 0.4) is 0 Å². The Morgan fingerprint density at radius 3 is 2.35 bits per heavy atom. The molecule has 0 fully saturated rings. The lowest BCUT2D eigenvalue weighted by Crippen LogP contribution is -1.97. The Labute approximate surface area is 106 Å². The lowest BCUT2D eigenvalue weighted by atomic mass is 10.1. The summed E-state index contributed by atoms with van der Waals surface area (Å²) in [6, 6.07) is 0. The van der Waals surface area contributed by atoms with Gasteiger partial charge in [0.1, 0.15) is 0 Å². The molecule has 0 amide bonds. The molecule has 0 N–H and O–H groups in total. The molecule has 0 radical (unpaired) electrons. The lowest BCUT2D eigenvalue weighted by molar-refractivity contribution is -0.137. The second-order valence-electron chi connectivity index (χ2n) is 4.18. The van der Waals surface area contributed by atoms with Crippen molar-refractivity contribution in [3.8, 4) is 0 Å². The van der Waals surface area contributed by atoms with E-state index in [1.807, 2.05) is 6.08 Å². The number of rotatable bonds is 10. The SMILES string of the molecule is CCCCCCCCCC=C=CC(=O)OCC. The summed E-state index contributed by atoms with van der Waals surface area (Å²) in [5.74, 6) is -0.302. The molecule has 0 heterocycles. The van der Waals surface area contributed by atoms with Gasteiger partial charge in [0, 0.05) is 0 Å². The minimum atomic E-state index is -0.302. The van der Waals surface area contributed by atoms with E-state index in [2.05, 4.69) is 12.7 Å². The molecular formula is C15H26O2. The number of carbonyl (C=O) groups is 1. The van der Waals surface area contributed by atoms with Gasteiger partial charge in [-0.05, 0) is 25.8 Å². The van der Waals surface area contributed by atoms with Gasteiger partial charge in [-0.3, -0.25) is 0 Å². The van der Waals surface area contributed by atoms with Gasteiger partial charge in [-0.1, -0.05) is 45.4 Å². The zero-order valence-electron chi connectivity index (χ0n) is 11.3. The Kier molecular flexibility index (Phi) is 12.3. The Hall–Kier alpha value is -1.01. The average Bonchev–Trinajstić information content (AvgIpc) is 2.32. The van der Waals surface area contributed by atoms with Gasteiger partial charge in [0.25, 0.3) is 0 Å².